The highest BCUT2D eigenvalue weighted by atomic mass is 15.2. The predicted octanol–water partition coefficient (Wildman–Crippen LogP) is 0.675. The van der Waals surface area contributed by atoms with Crippen molar-refractivity contribution >= 4 is 0 Å². The molecule has 0 aromatic heterocycles. The molecule has 0 radical (unpaired) electrons. The molecule has 2 nitrogen and oxygen atoms in total. The maximum atomic E-state index is 5.73. The summed E-state index contributed by atoms with van der Waals surface area (Å²) in [4.78, 5) is 2.56. The van der Waals surface area contributed by atoms with E-state index in [0.717, 1.165) is 24.4 Å². The van der Waals surface area contributed by atoms with Gasteiger partial charge < -0.3 is 5.73 Å². The van der Waals surface area contributed by atoms with E-state index in [0.29, 0.717) is 0 Å². The molecule has 2 N–H and O–H groups in total. The predicted molar refractivity (Wildman–Crippen MR) is 46.3 cm³/mol. The lowest BCUT2D eigenvalue weighted by Gasteiger charge is -2.42. The van der Waals surface area contributed by atoms with Crippen molar-refractivity contribution in [1.82, 2.24) is 4.90 Å². The van der Waals surface area contributed by atoms with Crippen molar-refractivity contribution in [3.05, 3.63) is 0 Å². The molecule has 2 heteroatoms. The molecule has 1 saturated heterocycles. The van der Waals surface area contributed by atoms with Crippen molar-refractivity contribution in [2.45, 2.75) is 25.8 Å². The van der Waals surface area contributed by atoms with Crippen molar-refractivity contribution in [3.8, 4) is 0 Å². The zero-order valence-electron chi connectivity index (χ0n) is 7.29. The summed E-state index contributed by atoms with van der Waals surface area (Å²) in [5.41, 5.74) is 5.73. The lowest BCUT2D eigenvalue weighted by atomic mass is 9.98. The minimum atomic E-state index is 0.728. The Bertz CT molecular complexity index is 136. The van der Waals surface area contributed by atoms with Crippen molar-refractivity contribution < 1.29 is 0 Å². The largest absolute Gasteiger partial charge is 0.329 e. The molecule has 2 rings (SSSR count). The maximum absolute atomic E-state index is 5.73. The molecule has 0 amide bonds. The SMILES string of the molecule is CC1CN(C(CN)C2CC2)C1. The number of rotatable bonds is 3. The van der Waals surface area contributed by atoms with E-state index < -0.39 is 0 Å². The van der Waals surface area contributed by atoms with Crippen LogP contribution in [0, 0.1) is 11.8 Å². The van der Waals surface area contributed by atoms with E-state index in [1.165, 1.54) is 25.9 Å². The van der Waals surface area contributed by atoms with E-state index >= 15 is 0 Å². The summed E-state index contributed by atoms with van der Waals surface area (Å²) in [7, 11) is 0. The highest BCUT2D eigenvalue weighted by molar-refractivity contribution is 4.93. The van der Waals surface area contributed by atoms with Crippen LogP contribution in [0.3, 0.4) is 0 Å². The molecule has 0 spiro atoms. The second-order valence-corrected chi connectivity index (χ2v) is 4.20. The van der Waals surface area contributed by atoms with Gasteiger partial charge in [0.2, 0.25) is 0 Å². The Balaban J connectivity index is 1.81. The van der Waals surface area contributed by atoms with Gasteiger partial charge in [0.25, 0.3) is 0 Å². The third-order valence-corrected chi connectivity index (χ3v) is 2.97. The Labute approximate surface area is 68.7 Å². The first kappa shape index (κ1) is 7.56. The molecule has 0 aromatic rings. The highest BCUT2D eigenvalue weighted by Crippen LogP contribution is 2.37. The molecule has 0 aromatic carbocycles. The minimum Gasteiger partial charge on any atom is -0.329 e. The monoisotopic (exact) mass is 154 g/mol. The summed E-state index contributed by atoms with van der Waals surface area (Å²) in [6.45, 7) is 5.77. The van der Waals surface area contributed by atoms with Crippen molar-refractivity contribution in [3.63, 3.8) is 0 Å². The Morgan fingerprint density at radius 1 is 1.45 bits per heavy atom. The Hall–Kier alpha value is -0.0800. The second kappa shape index (κ2) is 2.76. The normalized spacial score (nSPS) is 30.0. The second-order valence-electron chi connectivity index (χ2n) is 4.20. The van der Waals surface area contributed by atoms with E-state index in [2.05, 4.69) is 11.8 Å². The molecule has 0 bridgehead atoms. The average Bonchev–Trinajstić information content (AvgIpc) is 2.69. The first-order valence-corrected chi connectivity index (χ1v) is 4.75. The number of likely N-dealkylation sites (tertiary alicyclic amines) is 1. The third-order valence-electron chi connectivity index (χ3n) is 2.97. The average molecular weight is 154 g/mol. The molecule has 11 heavy (non-hydrogen) atoms. The van der Waals surface area contributed by atoms with Crippen LogP contribution < -0.4 is 5.73 Å². The van der Waals surface area contributed by atoms with Crippen LogP contribution >= 0.6 is 0 Å². The quantitative estimate of drug-likeness (QED) is 0.647. The van der Waals surface area contributed by atoms with E-state index in [4.69, 9.17) is 5.73 Å². The van der Waals surface area contributed by atoms with Gasteiger partial charge in [0.05, 0.1) is 0 Å². The summed E-state index contributed by atoms with van der Waals surface area (Å²) in [6.07, 6.45) is 2.85. The van der Waals surface area contributed by atoms with Crippen LogP contribution in [0.15, 0.2) is 0 Å². The highest BCUT2D eigenvalue weighted by Gasteiger charge is 2.38. The molecule has 1 unspecified atom stereocenters. The molecule has 1 aliphatic carbocycles. The Kier molecular flexibility index (Phi) is 1.90. The third kappa shape index (κ3) is 1.42. The molecular formula is C9H18N2. The topological polar surface area (TPSA) is 29.3 Å². The van der Waals surface area contributed by atoms with Gasteiger partial charge in [-0.1, -0.05) is 6.92 Å². The lowest BCUT2D eigenvalue weighted by molar-refractivity contribution is 0.0556. The fraction of sp³-hybridized carbons (Fsp3) is 1.00. The zero-order valence-corrected chi connectivity index (χ0v) is 7.29. The summed E-state index contributed by atoms with van der Waals surface area (Å²) >= 11 is 0. The zero-order chi connectivity index (χ0) is 7.84. The minimum absolute atomic E-state index is 0.728. The number of nitrogens with two attached hydrogens (primary N) is 1. The van der Waals surface area contributed by atoms with Crippen molar-refractivity contribution in [1.29, 1.82) is 0 Å². The van der Waals surface area contributed by atoms with Gasteiger partial charge in [-0.15, -0.1) is 0 Å². The van der Waals surface area contributed by atoms with Gasteiger partial charge in [0, 0.05) is 25.7 Å². The number of nitrogens with zero attached hydrogens (tertiary/aromatic N) is 1. The number of hydrogen-bond acceptors (Lipinski definition) is 2. The molecule has 1 atom stereocenters. The smallest absolute Gasteiger partial charge is 0.0246 e. The lowest BCUT2D eigenvalue weighted by Crippen LogP contribution is -2.54. The maximum Gasteiger partial charge on any atom is 0.0246 e. The Morgan fingerprint density at radius 2 is 2.09 bits per heavy atom. The van der Waals surface area contributed by atoms with E-state index in [1.807, 2.05) is 0 Å². The van der Waals surface area contributed by atoms with Crippen LogP contribution in [0.4, 0.5) is 0 Å². The summed E-state index contributed by atoms with van der Waals surface area (Å²) in [6, 6.07) is 0.728. The van der Waals surface area contributed by atoms with Crippen LogP contribution in [0.2, 0.25) is 0 Å². The van der Waals surface area contributed by atoms with Gasteiger partial charge in [-0.25, -0.2) is 0 Å². The van der Waals surface area contributed by atoms with Crippen LogP contribution in [0.5, 0.6) is 0 Å². The van der Waals surface area contributed by atoms with Crippen LogP contribution in [0.25, 0.3) is 0 Å². The molecule has 64 valence electrons. The van der Waals surface area contributed by atoms with E-state index in [9.17, 15) is 0 Å². The molecule has 1 heterocycles. The standard InChI is InChI=1S/C9H18N2/c1-7-5-11(6-7)9(4-10)8-2-3-8/h7-9H,2-6,10H2,1H3. The number of hydrogen-bond donors (Lipinski definition) is 1. The molecule has 1 saturated carbocycles. The summed E-state index contributed by atoms with van der Waals surface area (Å²) < 4.78 is 0. The summed E-state index contributed by atoms with van der Waals surface area (Å²) in [5, 5.41) is 0. The van der Waals surface area contributed by atoms with Crippen LogP contribution in [-0.2, 0) is 0 Å². The molecule has 2 aliphatic rings. The van der Waals surface area contributed by atoms with Crippen LogP contribution in [-0.4, -0.2) is 30.6 Å². The van der Waals surface area contributed by atoms with E-state index in [-0.39, 0.29) is 0 Å². The molecule has 1 aliphatic heterocycles. The van der Waals surface area contributed by atoms with Crippen molar-refractivity contribution in [2.24, 2.45) is 17.6 Å². The fourth-order valence-electron chi connectivity index (χ4n) is 2.14. The fourth-order valence-corrected chi connectivity index (χ4v) is 2.14. The first-order chi connectivity index (χ1) is 5.31. The van der Waals surface area contributed by atoms with Gasteiger partial charge >= 0.3 is 0 Å². The first-order valence-electron chi connectivity index (χ1n) is 4.75. The molecule has 2 fully saturated rings. The van der Waals surface area contributed by atoms with Gasteiger partial charge in [-0.05, 0) is 24.7 Å². The van der Waals surface area contributed by atoms with Gasteiger partial charge in [0.1, 0.15) is 0 Å². The molecular weight excluding hydrogens is 136 g/mol. The van der Waals surface area contributed by atoms with Gasteiger partial charge in [0.15, 0.2) is 0 Å². The van der Waals surface area contributed by atoms with Gasteiger partial charge in [-0.3, -0.25) is 4.90 Å². The summed E-state index contributed by atoms with van der Waals surface area (Å²) in [5.74, 6) is 1.87. The Morgan fingerprint density at radius 3 is 2.45 bits per heavy atom. The van der Waals surface area contributed by atoms with Crippen LogP contribution in [0.1, 0.15) is 19.8 Å². The van der Waals surface area contributed by atoms with Gasteiger partial charge in [-0.2, -0.15) is 0 Å². The van der Waals surface area contributed by atoms with Crippen molar-refractivity contribution in [2.75, 3.05) is 19.6 Å². The van der Waals surface area contributed by atoms with E-state index in [1.54, 1.807) is 0 Å².